The van der Waals surface area contributed by atoms with Crippen molar-refractivity contribution in [3.63, 3.8) is 0 Å². The summed E-state index contributed by atoms with van der Waals surface area (Å²) in [6, 6.07) is 12.1. The van der Waals surface area contributed by atoms with E-state index in [1.807, 2.05) is 0 Å². The Morgan fingerprint density at radius 3 is 2.73 bits per heavy atom. The van der Waals surface area contributed by atoms with Crippen LogP contribution in [0.2, 0.25) is 5.02 Å². The number of halogens is 1. The van der Waals surface area contributed by atoms with Crippen LogP contribution in [0.1, 0.15) is 35.7 Å². The van der Waals surface area contributed by atoms with Crippen LogP contribution in [0.5, 0.6) is 5.75 Å². The lowest BCUT2D eigenvalue weighted by atomic mass is 10.1. The largest absolute Gasteiger partial charge is 0.449 e. The normalized spacial score (nSPS) is 14.4. The second-order valence-electron chi connectivity index (χ2n) is 5.94. The fourth-order valence-corrected chi connectivity index (χ4v) is 2.62. The highest BCUT2D eigenvalue weighted by molar-refractivity contribution is 6.30. The molecule has 0 radical (unpaired) electrons. The number of anilines is 1. The van der Waals surface area contributed by atoms with Gasteiger partial charge >= 0.3 is 0 Å². The summed E-state index contributed by atoms with van der Waals surface area (Å²) in [5.74, 6) is 0.142. The minimum absolute atomic E-state index is 0.169. The molecule has 0 aromatic heterocycles. The summed E-state index contributed by atoms with van der Waals surface area (Å²) in [5.41, 5.74) is 1.76. The van der Waals surface area contributed by atoms with Gasteiger partial charge in [0.25, 0.3) is 11.8 Å². The predicted octanol–water partition coefficient (Wildman–Crippen LogP) is 4.24. The molecular weight excluding hydrogens is 352 g/mol. The third kappa shape index (κ3) is 4.24. The molecule has 2 aromatic carbocycles. The topological polar surface area (TPSA) is 67.4 Å². The second-order valence-corrected chi connectivity index (χ2v) is 6.37. The Bertz CT molecular complexity index is 860. The first kappa shape index (κ1) is 18.0. The lowest BCUT2D eigenvalue weighted by Crippen LogP contribution is -2.26. The van der Waals surface area contributed by atoms with Crippen molar-refractivity contribution in [2.24, 2.45) is 0 Å². The van der Waals surface area contributed by atoms with Crippen LogP contribution in [0.4, 0.5) is 5.69 Å². The maximum absolute atomic E-state index is 12.3. The standard InChI is InChI=1S/C20H19ClN2O3/c1-2-3-10-22-19(24)14-6-9-17-16(12-14)23-20(25)18(26-17)11-13-4-7-15(21)8-5-13/h4-9,11-12H,2-3,10H2,1H3,(H,22,24)(H,23,25). The van der Waals surface area contributed by atoms with Gasteiger partial charge in [-0.05, 0) is 48.4 Å². The highest BCUT2D eigenvalue weighted by atomic mass is 35.5. The van der Waals surface area contributed by atoms with E-state index >= 15 is 0 Å². The van der Waals surface area contributed by atoms with E-state index in [1.165, 1.54) is 0 Å². The van der Waals surface area contributed by atoms with Crippen LogP contribution in [-0.2, 0) is 4.79 Å². The van der Waals surface area contributed by atoms with Crippen molar-refractivity contribution in [2.45, 2.75) is 19.8 Å². The number of hydrogen-bond donors (Lipinski definition) is 2. The maximum atomic E-state index is 12.3. The number of hydrogen-bond acceptors (Lipinski definition) is 3. The number of amides is 2. The number of rotatable bonds is 5. The van der Waals surface area contributed by atoms with Gasteiger partial charge in [-0.3, -0.25) is 9.59 Å². The molecule has 0 saturated heterocycles. The van der Waals surface area contributed by atoms with Crippen LogP contribution in [0.25, 0.3) is 6.08 Å². The van der Waals surface area contributed by atoms with Crippen molar-refractivity contribution in [2.75, 3.05) is 11.9 Å². The van der Waals surface area contributed by atoms with E-state index in [0.29, 0.717) is 28.6 Å². The third-order valence-electron chi connectivity index (χ3n) is 3.92. The maximum Gasteiger partial charge on any atom is 0.291 e. The molecule has 0 bridgehead atoms. The fraction of sp³-hybridized carbons (Fsp3) is 0.200. The van der Waals surface area contributed by atoms with Crippen LogP contribution >= 0.6 is 11.6 Å². The summed E-state index contributed by atoms with van der Waals surface area (Å²) >= 11 is 5.87. The molecule has 1 aliphatic rings. The van der Waals surface area contributed by atoms with Gasteiger partial charge < -0.3 is 15.4 Å². The van der Waals surface area contributed by atoms with Crippen LogP contribution in [-0.4, -0.2) is 18.4 Å². The van der Waals surface area contributed by atoms with Crippen LogP contribution in [0, 0.1) is 0 Å². The molecule has 1 aliphatic heterocycles. The molecule has 0 atom stereocenters. The van der Waals surface area contributed by atoms with Crippen molar-refractivity contribution in [1.29, 1.82) is 0 Å². The summed E-state index contributed by atoms with van der Waals surface area (Å²) in [4.78, 5) is 24.4. The Kier molecular flexibility index (Phi) is 5.58. The molecule has 2 N–H and O–H groups in total. The molecule has 0 aliphatic carbocycles. The number of nitrogens with one attached hydrogen (secondary N) is 2. The monoisotopic (exact) mass is 370 g/mol. The SMILES string of the molecule is CCCCNC(=O)c1ccc2c(c1)NC(=O)C(=Cc1ccc(Cl)cc1)O2. The molecule has 134 valence electrons. The molecule has 0 fully saturated rings. The minimum atomic E-state index is -0.365. The van der Waals surface area contributed by atoms with Crippen LogP contribution < -0.4 is 15.4 Å². The van der Waals surface area contributed by atoms with Crippen molar-refractivity contribution >= 4 is 35.2 Å². The molecule has 2 aromatic rings. The molecule has 2 amide bonds. The molecular formula is C20H19ClN2O3. The number of benzene rings is 2. The average molecular weight is 371 g/mol. The summed E-state index contributed by atoms with van der Waals surface area (Å²) in [7, 11) is 0. The third-order valence-corrected chi connectivity index (χ3v) is 4.17. The van der Waals surface area contributed by atoms with Gasteiger partial charge in [0.2, 0.25) is 0 Å². The van der Waals surface area contributed by atoms with Crippen LogP contribution in [0.15, 0.2) is 48.2 Å². The van der Waals surface area contributed by atoms with Gasteiger partial charge in [-0.25, -0.2) is 0 Å². The number of fused-ring (bicyclic) bond motifs is 1. The number of ether oxygens (including phenoxy) is 1. The molecule has 26 heavy (non-hydrogen) atoms. The molecule has 0 unspecified atom stereocenters. The van der Waals surface area contributed by atoms with E-state index in [-0.39, 0.29) is 17.6 Å². The number of carbonyl (C=O) groups is 2. The second kappa shape index (κ2) is 8.06. The Labute approximate surface area is 157 Å². The van der Waals surface area contributed by atoms with E-state index in [1.54, 1.807) is 48.5 Å². The van der Waals surface area contributed by atoms with Gasteiger partial charge in [-0.1, -0.05) is 37.1 Å². The minimum Gasteiger partial charge on any atom is -0.449 e. The van der Waals surface area contributed by atoms with Gasteiger partial charge in [0.1, 0.15) is 0 Å². The van der Waals surface area contributed by atoms with Gasteiger partial charge in [0, 0.05) is 17.1 Å². The van der Waals surface area contributed by atoms with Crippen molar-refractivity contribution in [3.8, 4) is 5.75 Å². The van der Waals surface area contributed by atoms with E-state index < -0.39 is 0 Å². The molecule has 0 spiro atoms. The summed E-state index contributed by atoms with van der Waals surface area (Å²) in [5, 5.41) is 6.24. The van der Waals surface area contributed by atoms with Gasteiger partial charge in [0.15, 0.2) is 11.5 Å². The molecule has 5 nitrogen and oxygen atoms in total. The van der Waals surface area contributed by atoms with E-state index in [2.05, 4.69) is 17.6 Å². The Morgan fingerprint density at radius 2 is 2.00 bits per heavy atom. The smallest absolute Gasteiger partial charge is 0.291 e. The highest BCUT2D eigenvalue weighted by Crippen LogP contribution is 2.32. The number of unbranched alkanes of at least 4 members (excludes halogenated alkanes) is 1. The van der Waals surface area contributed by atoms with Crippen molar-refractivity contribution < 1.29 is 14.3 Å². The zero-order valence-electron chi connectivity index (χ0n) is 14.3. The molecule has 6 heteroatoms. The average Bonchev–Trinajstić information content (AvgIpc) is 2.64. The predicted molar refractivity (Wildman–Crippen MR) is 102 cm³/mol. The zero-order chi connectivity index (χ0) is 18.5. The van der Waals surface area contributed by atoms with Crippen molar-refractivity contribution in [1.82, 2.24) is 5.32 Å². The van der Waals surface area contributed by atoms with E-state index in [4.69, 9.17) is 16.3 Å². The zero-order valence-corrected chi connectivity index (χ0v) is 15.1. The Morgan fingerprint density at radius 1 is 1.23 bits per heavy atom. The first-order chi connectivity index (χ1) is 12.6. The molecule has 1 heterocycles. The fourth-order valence-electron chi connectivity index (χ4n) is 2.49. The Hall–Kier alpha value is -2.79. The summed E-state index contributed by atoms with van der Waals surface area (Å²) < 4.78 is 5.70. The van der Waals surface area contributed by atoms with Crippen molar-refractivity contribution in [3.05, 3.63) is 64.4 Å². The first-order valence-electron chi connectivity index (χ1n) is 8.45. The lowest BCUT2D eigenvalue weighted by Gasteiger charge is -2.20. The molecule has 0 saturated carbocycles. The van der Waals surface area contributed by atoms with Gasteiger partial charge in [0.05, 0.1) is 5.69 Å². The highest BCUT2D eigenvalue weighted by Gasteiger charge is 2.23. The lowest BCUT2D eigenvalue weighted by molar-refractivity contribution is -0.115. The van der Waals surface area contributed by atoms with Crippen LogP contribution in [0.3, 0.4) is 0 Å². The van der Waals surface area contributed by atoms with Gasteiger partial charge in [-0.15, -0.1) is 0 Å². The molecule has 3 rings (SSSR count). The van der Waals surface area contributed by atoms with E-state index in [9.17, 15) is 9.59 Å². The number of carbonyl (C=O) groups excluding carboxylic acids is 2. The Balaban J connectivity index is 1.77. The quantitative estimate of drug-likeness (QED) is 0.611. The van der Waals surface area contributed by atoms with E-state index in [0.717, 1.165) is 18.4 Å². The summed E-state index contributed by atoms with van der Waals surface area (Å²) in [6.07, 6.45) is 3.58. The summed E-state index contributed by atoms with van der Waals surface area (Å²) in [6.45, 7) is 2.69. The first-order valence-corrected chi connectivity index (χ1v) is 8.83. The van der Waals surface area contributed by atoms with Gasteiger partial charge in [-0.2, -0.15) is 0 Å².